The Morgan fingerprint density at radius 3 is 2.62 bits per heavy atom. The number of aromatic nitrogens is 1. The predicted octanol–water partition coefficient (Wildman–Crippen LogP) is 2.12. The van der Waals surface area contributed by atoms with Crippen LogP contribution in [0, 0.1) is 13.8 Å². The molecule has 0 atom stereocenters. The molecule has 10 heteroatoms. The Hall–Kier alpha value is -1.36. The summed E-state index contributed by atoms with van der Waals surface area (Å²) in [5, 5.41) is 5.66. The zero-order valence-electron chi connectivity index (χ0n) is 14.7. The van der Waals surface area contributed by atoms with Gasteiger partial charge in [0, 0.05) is 37.5 Å². The van der Waals surface area contributed by atoms with E-state index in [1.165, 1.54) is 27.4 Å². The quantitative estimate of drug-likeness (QED) is 0.719. The molecule has 1 aliphatic heterocycles. The van der Waals surface area contributed by atoms with E-state index in [1.807, 2.05) is 13.8 Å². The molecular formula is C16H21N3O4S3. The molecule has 0 aliphatic carbocycles. The lowest BCUT2D eigenvalue weighted by atomic mass is 10.2. The molecule has 3 heterocycles. The summed E-state index contributed by atoms with van der Waals surface area (Å²) in [4.78, 5) is 14.1. The highest BCUT2D eigenvalue weighted by Gasteiger charge is 2.30. The highest BCUT2D eigenvalue weighted by atomic mass is 32.2. The standard InChI is InChI=1S/C16H21N3O4S3/c1-12-14(13(2)23-17-12)10-24-11-15(20)18-5-7-19(8-6-18)26(21,22)16-4-3-9-25-16/h3-4,9H,5-8,10-11H2,1-2H3. The lowest BCUT2D eigenvalue weighted by Gasteiger charge is -2.33. The topological polar surface area (TPSA) is 83.7 Å². The number of nitrogens with zero attached hydrogens (tertiary/aromatic N) is 3. The summed E-state index contributed by atoms with van der Waals surface area (Å²) in [7, 11) is -3.43. The van der Waals surface area contributed by atoms with Gasteiger partial charge in [0.25, 0.3) is 10.0 Å². The molecule has 0 aromatic carbocycles. The fourth-order valence-corrected chi connectivity index (χ4v) is 6.40. The summed E-state index contributed by atoms with van der Waals surface area (Å²) in [5.74, 6) is 1.87. The van der Waals surface area contributed by atoms with E-state index in [-0.39, 0.29) is 5.91 Å². The van der Waals surface area contributed by atoms with Crippen LogP contribution in [-0.4, -0.2) is 60.6 Å². The van der Waals surface area contributed by atoms with Gasteiger partial charge in [-0.25, -0.2) is 8.42 Å². The number of hydrogen-bond donors (Lipinski definition) is 0. The number of sulfonamides is 1. The number of carbonyl (C=O) groups excluding carboxylic acids is 1. The first-order valence-electron chi connectivity index (χ1n) is 8.20. The van der Waals surface area contributed by atoms with Crippen molar-refractivity contribution in [3.8, 4) is 0 Å². The van der Waals surface area contributed by atoms with E-state index in [2.05, 4.69) is 5.16 Å². The Labute approximate surface area is 161 Å². The zero-order valence-corrected chi connectivity index (χ0v) is 17.1. The molecule has 0 saturated carbocycles. The van der Waals surface area contributed by atoms with E-state index >= 15 is 0 Å². The van der Waals surface area contributed by atoms with Crippen LogP contribution in [0.3, 0.4) is 0 Å². The van der Waals surface area contributed by atoms with Crippen molar-refractivity contribution in [3.63, 3.8) is 0 Å². The van der Waals surface area contributed by atoms with E-state index < -0.39 is 10.0 Å². The average Bonchev–Trinajstić information content (AvgIpc) is 3.27. The van der Waals surface area contributed by atoms with Gasteiger partial charge in [0.15, 0.2) is 0 Å². The van der Waals surface area contributed by atoms with Crippen LogP contribution in [-0.2, 0) is 20.6 Å². The van der Waals surface area contributed by atoms with Gasteiger partial charge in [-0.3, -0.25) is 4.79 Å². The molecule has 3 rings (SSSR count). The number of piperazine rings is 1. The Morgan fingerprint density at radius 2 is 2.04 bits per heavy atom. The van der Waals surface area contributed by atoms with Gasteiger partial charge in [-0.1, -0.05) is 11.2 Å². The molecule has 1 aliphatic rings. The molecule has 0 spiro atoms. The molecule has 1 saturated heterocycles. The molecule has 1 fully saturated rings. The van der Waals surface area contributed by atoms with Gasteiger partial charge in [0.05, 0.1) is 11.4 Å². The Morgan fingerprint density at radius 1 is 1.31 bits per heavy atom. The molecule has 26 heavy (non-hydrogen) atoms. The van der Waals surface area contributed by atoms with Crippen LogP contribution >= 0.6 is 23.1 Å². The van der Waals surface area contributed by atoms with Crippen LogP contribution in [0.25, 0.3) is 0 Å². The molecule has 7 nitrogen and oxygen atoms in total. The lowest BCUT2D eigenvalue weighted by molar-refractivity contribution is -0.129. The number of thioether (sulfide) groups is 1. The highest BCUT2D eigenvalue weighted by Crippen LogP contribution is 2.23. The van der Waals surface area contributed by atoms with Crippen molar-refractivity contribution in [3.05, 3.63) is 34.5 Å². The smallest absolute Gasteiger partial charge is 0.252 e. The molecule has 0 radical (unpaired) electrons. The number of aryl methyl sites for hydroxylation is 2. The first-order valence-corrected chi connectivity index (χ1v) is 11.7. The molecule has 142 valence electrons. The van der Waals surface area contributed by atoms with Crippen molar-refractivity contribution in [2.75, 3.05) is 31.9 Å². The molecule has 2 aromatic rings. The van der Waals surface area contributed by atoms with Gasteiger partial charge in [0.1, 0.15) is 9.97 Å². The second kappa shape index (κ2) is 8.12. The third-order valence-electron chi connectivity index (χ3n) is 4.33. The number of amides is 1. The van der Waals surface area contributed by atoms with Gasteiger partial charge in [-0.2, -0.15) is 4.31 Å². The number of thiophene rings is 1. The molecular weight excluding hydrogens is 394 g/mol. The van der Waals surface area contributed by atoms with Crippen LogP contribution < -0.4 is 0 Å². The molecule has 2 aromatic heterocycles. The Balaban J connectivity index is 1.48. The lowest BCUT2D eigenvalue weighted by Crippen LogP contribution is -2.50. The van der Waals surface area contributed by atoms with E-state index in [4.69, 9.17) is 4.52 Å². The van der Waals surface area contributed by atoms with Crippen molar-refractivity contribution < 1.29 is 17.7 Å². The molecule has 0 N–H and O–H groups in total. The minimum Gasteiger partial charge on any atom is -0.361 e. The first kappa shape index (κ1) is 19.4. The number of carbonyl (C=O) groups is 1. The van der Waals surface area contributed by atoms with E-state index in [0.717, 1.165) is 17.0 Å². The minimum atomic E-state index is -3.43. The maximum atomic E-state index is 12.5. The predicted molar refractivity (Wildman–Crippen MR) is 102 cm³/mol. The third-order valence-corrected chi connectivity index (χ3v) is 8.55. The SMILES string of the molecule is Cc1noc(C)c1CSCC(=O)N1CCN(S(=O)(=O)c2cccs2)CC1. The first-order chi connectivity index (χ1) is 12.4. The van der Waals surface area contributed by atoms with Gasteiger partial charge in [-0.15, -0.1) is 23.1 Å². The van der Waals surface area contributed by atoms with Gasteiger partial charge in [0.2, 0.25) is 5.91 Å². The van der Waals surface area contributed by atoms with Gasteiger partial charge in [-0.05, 0) is 25.3 Å². The van der Waals surface area contributed by atoms with Crippen molar-refractivity contribution in [2.45, 2.75) is 23.8 Å². The van der Waals surface area contributed by atoms with Crippen molar-refractivity contribution >= 4 is 39.0 Å². The van der Waals surface area contributed by atoms with E-state index in [9.17, 15) is 13.2 Å². The average molecular weight is 416 g/mol. The summed E-state index contributed by atoms with van der Waals surface area (Å²) >= 11 is 2.74. The van der Waals surface area contributed by atoms with Crippen LogP contribution in [0.2, 0.25) is 0 Å². The van der Waals surface area contributed by atoms with Crippen LogP contribution in [0.5, 0.6) is 0 Å². The summed E-state index contributed by atoms with van der Waals surface area (Å²) < 4.78 is 31.9. The maximum Gasteiger partial charge on any atom is 0.252 e. The summed E-state index contributed by atoms with van der Waals surface area (Å²) in [6, 6.07) is 3.34. The Kier molecular flexibility index (Phi) is 6.06. The monoisotopic (exact) mass is 415 g/mol. The van der Waals surface area contributed by atoms with Crippen LogP contribution in [0.1, 0.15) is 17.0 Å². The summed E-state index contributed by atoms with van der Waals surface area (Å²) in [5.41, 5.74) is 1.89. The van der Waals surface area contributed by atoms with Gasteiger partial charge < -0.3 is 9.42 Å². The number of hydrogen-bond acceptors (Lipinski definition) is 7. The zero-order chi connectivity index (χ0) is 18.7. The largest absolute Gasteiger partial charge is 0.361 e. The van der Waals surface area contributed by atoms with Crippen molar-refractivity contribution in [1.29, 1.82) is 0 Å². The summed E-state index contributed by atoms with van der Waals surface area (Å²) in [6.07, 6.45) is 0. The summed E-state index contributed by atoms with van der Waals surface area (Å²) in [6.45, 7) is 5.28. The van der Waals surface area contributed by atoms with Crippen molar-refractivity contribution in [1.82, 2.24) is 14.4 Å². The van der Waals surface area contributed by atoms with Crippen LogP contribution in [0.15, 0.2) is 26.2 Å². The second-order valence-electron chi connectivity index (χ2n) is 6.01. The van der Waals surface area contributed by atoms with Crippen LogP contribution in [0.4, 0.5) is 0 Å². The molecule has 0 unspecified atom stereocenters. The Bertz CT molecular complexity index is 834. The highest BCUT2D eigenvalue weighted by molar-refractivity contribution is 7.99. The fraction of sp³-hybridized carbons (Fsp3) is 0.500. The van der Waals surface area contributed by atoms with E-state index in [1.54, 1.807) is 22.4 Å². The maximum absolute atomic E-state index is 12.5. The normalized spacial score (nSPS) is 16.2. The van der Waals surface area contributed by atoms with E-state index in [0.29, 0.717) is 41.9 Å². The minimum absolute atomic E-state index is 0.0370. The fourth-order valence-electron chi connectivity index (χ4n) is 2.76. The second-order valence-corrected chi connectivity index (χ2v) is 10.1. The molecule has 1 amide bonds. The molecule has 0 bridgehead atoms. The van der Waals surface area contributed by atoms with Gasteiger partial charge >= 0.3 is 0 Å². The third kappa shape index (κ3) is 4.13. The van der Waals surface area contributed by atoms with Crippen molar-refractivity contribution in [2.24, 2.45) is 0 Å². The number of rotatable bonds is 6.